The van der Waals surface area contributed by atoms with Gasteiger partial charge in [0, 0.05) is 19.8 Å². The zero-order valence-electron chi connectivity index (χ0n) is 15.6. The van der Waals surface area contributed by atoms with Crippen LogP contribution in [0.1, 0.15) is 12.5 Å². The standard InChI is InChI=1S/C20H19IN2O3S2/c1-4-26-16-10-12(9-15(21)18(16)24)11-17-19(25)23(20(27)28-17)14-7-5-13(6-8-14)22(2)3/h5-11,24H,4H2,1-3H3/b17-11-. The van der Waals surface area contributed by atoms with E-state index in [9.17, 15) is 9.90 Å². The van der Waals surface area contributed by atoms with Gasteiger partial charge in [-0.05, 0) is 77.6 Å². The van der Waals surface area contributed by atoms with Crippen LogP contribution in [0.15, 0.2) is 41.3 Å². The lowest BCUT2D eigenvalue weighted by atomic mass is 10.2. The number of phenolic OH excluding ortho intramolecular Hbond substituents is 1. The van der Waals surface area contributed by atoms with Crippen molar-refractivity contribution in [1.82, 2.24) is 0 Å². The predicted octanol–water partition coefficient (Wildman–Crippen LogP) is 4.87. The Kier molecular flexibility index (Phi) is 6.51. The van der Waals surface area contributed by atoms with Crippen molar-refractivity contribution in [2.24, 2.45) is 0 Å². The predicted molar refractivity (Wildman–Crippen MR) is 128 cm³/mol. The summed E-state index contributed by atoms with van der Waals surface area (Å²) in [7, 11) is 3.93. The number of phenols is 1. The molecule has 1 heterocycles. The van der Waals surface area contributed by atoms with E-state index >= 15 is 0 Å². The Labute approximate surface area is 187 Å². The van der Waals surface area contributed by atoms with E-state index in [4.69, 9.17) is 17.0 Å². The minimum Gasteiger partial charge on any atom is -0.504 e. The van der Waals surface area contributed by atoms with Crippen molar-refractivity contribution < 1.29 is 14.6 Å². The fraction of sp³-hybridized carbons (Fsp3) is 0.200. The Morgan fingerprint density at radius 1 is 1.29 bits per heavy atom. The summed E-state index contributed by atoms with van der Waals surface area (Å²) >= 11 is 8.75. The van der Waals surface area contributed by atoms with Crippen molar-refractivity contribution in [2.45, 2.75) is 6.92 Å². The first-order valence-electron chi connectivity index (χ1n) is 8.52. The summed E-state index contributed by atoms with van der Waals surface area (Å²) in [6.45, 7) is 2.30. The number of rotatable bonds is 5. The number of hydrogen-bond acceptors (Lipinski definition) is 6. The van der Waals surface area contributed by atoms with Gasteiger partial charge in [0.25, 0.3) is 5.91 Å². The largest absolute Gasteiger partial charge is 0.504 e. The van der Waals surface area contributed by atoms with Crippen LogP contribution in [0.3, 0.4) is 0 Å². The van der Waals surface area contributed by atoms with Crippen molar-refractivity contribution >= 4 is 74.2 Å². The highest BCUT2D eigenvalue weighted by molar-refractivity contribution is 14.1. The smallest absolute Gasteiger partial charge is 0.270 e. The number of nitrogens with zero attached hydrogens (tertiary/aromatic N) is 2. The summed E-state index contributed by atoms with van der Waals surface area (Å²) in [5.41, 5.74) is 2.56. The maximum Gasteiger partial charge on any atom is 0.270 e. The van der Waals surface area contributed by atoms with Crippen molar-refractivity contribution in [1.29, 1.82) is 0 Å². The monoisotopic (exact) mass is 526 g/mol. The molecule has 2 aromatic rings. The van der Waals surface area contributed by atoms with Crippen LogP contribution in [-0.4, -0.2) is 36.0 Å². The van der Waals surface area contributed by atoms with Crippen LogP contribution in [0, 0.1) is 3.57 Å². The minimum absolute atomic E-state index is 0.105. The van der Waals surface area contributed by atoms with Crippen molar-refractivity contribution in [3.63, 3.8) is 0 Å². The van der Waals surface area contributed by atoms with Crippen molar-refractivity contribution in [3.05, 3.63) is 50.4 Å². The highest BCUT2D eigenvalue weighted by Crippen LogP contribution is 2.38. The Hall–Kier alpha value is -1.78. The molecule has 3 rings (SSSR count). The van der Waals surface area contributed by atoms with Gasteiger partial charge >= 0.3 is 0 Å². The highest BCUT2D eigenvalue weighted by Gasteiger charge is 2.33. The lowest BCUT2D eigenvalue weighted by Crippen LogP contribution is -2.27. The summed E-state index contributed by atoms with van der Waals surface area (Å²) in [5, 5.41) is 10.1. The summed E-state index contributed by atoms with van der Waals surface area (Å²) < 4.78 is 6.63. The number of carbonyl (C=O) groups is 1. The molecule has 5 nitrogen and oxygen atoms in total. The van der Waals surface area contributed by atoms with E-state index in [1.54, 1.807) is 23.1 Å². The van der Waals surface area contributed by atoms with Gasteiger partial charge in [0.15, 0.2) is 15.8 Å². The third-order valence-corrected chi connectivity index (χ3v) is 6.19. The van der Waals surface area contributed by atoms with Gasteiger partial charge in [-0.3, -0.25) is 9.69 Å². The van der Waals surface area contributed by atoms with Gasteiger partial charge in [-0.15, -0.1) is 0 Å². The van der Waals surface area contributed by atoms with Gasteiger partial charge in [0.05, 0.1) is 20.8 Å². The molecule has 0 aliphatic carbocycles. The summed E-state index contributed by atoms with van der Waals surface area (Å²) in [6, 6.07) is 11.2. The van der Waals surface area contributed by atoms with Crippen LogP contribution in [-0.2, 0) is 4.79 Å². The number of anilines is 2. The van der Waals surface area contributed by atoms with Gasteiger partial charge in [-0.25, -0.2) is 0 Å². The first-order chi connectivity index (χ1) is 13.3. The van der Waals surface area contributed by atoms with E-state index in [0.29, 0.717) is 25.2 Å². The van der Waals surface area contributed by atoms with E-state index in [2.05, 4.69) is 0 Å². The van der Waals surface area contributed by atoms with E-state index in [-0.39, 0.29) is 11.7 Å². The summed E-state index contributed by atoms with van der Waals surface area (Å²) in [4.78, 5) is 17.0. The molecule has 0 aromatic heterocycles. The number of halogens is 1. The fourth-order valence-corrected chi connectivity index (χ4v) is 4.61. The van der Waals surface area contributed by atoms with E-state index in [0.717, 1.165) is 16.9 Å². The van der Waals surface area contributed by atoms with Gasteiger partial charge in [0.1, 0.15) is 0 Å². The van der Waals surface area contributed by atoms with Crippen LogP contribution in [0.5, 0.6) is 11.5 Å². The zero-order chi connectivity index (χ0) is 20.4. The molecular formula is C20H19IN2O3S2. The average Bonchev–Trinajstić information content (AvgIpc) is 2.93. The normalized spacial score (nSPS) is 15.4. The Morgan fingerprint density at radius 3 is 2.57 bits per heavy atom. The number of thiocarbonyl (C=S) groups is 1. The molecule has 28 heavy (non-hydrogen) atoms. The molecule has 0 atom stereocenters. The summed E-state index contributed by atoms with van der Waals surface area (Å²) in [5.74, 6) is 0.345. The Bertz CT molecular complexity index is 959. The van der Waals surface area contributed by atoms with E-state index in [1.807, 2.05) is 72.8 Å². The van der Waals surface area contributed by atoms with E-state index < -0.39 is 0 Å². The summed E-state index contributed by atoms with van der Waals surface area (Å²) in [6.07, 6.45) is 1.78. The second-order valence-corrected chi connectivity index (χ2v) is 9.05. The first kappa shape index (κ1) is 20.9. The maximum absolute atomic E-state index is 13.0. The molecule has 1 aliphatic heterocycles. The van der Waals surface area contributed by atoms with Crippen LogP contribution < -0.4 is 14.5 Å². The SMILES string of the molecule is CCOc1cc(/C=C2\SC(=S)N(c3ccc(N(C)C)cc3)C2=O)cc(I)c1O. The topological polar surface area (TPSA) is 53.0 Å². The van der Waals surface area contributed by atoms with Crippen LogP contribution in [0.25, 0.3) is 6.08 Å². The van der Waals surface area contributed by atoms with Gasteiger partial charge in [0.2, 0.25) is 0 Å². The second kappa shape index (κ2) is 8.71. The van der Waals surface area contributed by atoms with Gasteiger partial charge in [-0.1, -0.05) is 24.0 Å². The molecule has 2 aromatic carbocycles. The molecule has 0 bridgehead atoms. The molecular weight excluding hydrogens is 507 g/mol. The third kappa shape index (κ3) is 4.28. The number of ether oxygens (including phenoxy) is 1. The van der Waals surface area contributed by atoms with Gasteiger partial charge < -0.3 is 14.7 Å². The lowest BCUT2D eigenvalue weighted by molar-refractivity contribution is -0.113. The number of hydrogen-bond donors (Lipinski definition) is 1. The average molecular weight is 526 g/mol. The first-order valence-corrected chi connectivity index (χ1v) is 10.8. The molecule has 1 fully saturated rings. The lowest BCUT2D eigenvalue weighted by Gasteiger charge is -2.17. The van der Waals surface area contributed by atoms with Gasteiger partial charge in [-0.2, -0.15) is 0 Å². The van der Waals surface area contributed by atoms with Crippen LogP contribution in [0.4, 0.5) is 11.4 Å². The Morgan fingerprint density at radius 2 is 1.96 bits per heavy atom. The zero-order valence-corrected chi connectivity index (χ0v) is 19.4. The molecule has 1 amide bonds. The molecule has 146 valence electrons. The van der Waals surface area contributed by atoms with Crippen molar-refractivity contribution in [2.75, 3.05) is 30.5 Å². The van der Waals surface area contributed by atoms with Crippen LogP contribution >= 0.6 is 46.6 Å². The number of benzene rings is 2. The minimum atomic E-state index is -0.159. The van der Waals surface area contributed by atoms with Crippen LogP contribution in [0.2, 0.25) is 0 Å². The number of amides is 1. The molecule has 0 saturated carbocycles. The Balaban J connectivity index is 1.91. The molecule has 8 heteroatoms. The van der Waals surface area contributed by atoms with E-state index in [1.165, 1.54) is 11.8 Å². The molecule has 0 unspecified atom stereocenters. The molecule has 1 saturated heterocycles. The quantitative estimate of drug-likeness (QED) is 0.341. The third-order valence-electron chi connectivity index (χ3n) is 4.07. The molecule has 0 spiro atoms. The molecule has 0 radical (unpaired) electrons. The number of carbonyl (C=O) groups excluding carboxylic acids is 1. The molecule has 1 aliphatic rings. The second-order valence-electron chi connectivity index (χ2n) is 6.21. The number of thioether (sulfide) groups is 1. The number of aromatic hydroxyl groups is 1. The molecule has 1 N–H and O–H groups in total. The highest BCUT2D eigenvalue weighted by atomic mass is 127. The van der Waals surface area contributed by atoms with Crippen molar-refractivity contribution in [3.8, 4) is 11.5 Å². The maximum atomic E-state index is 13.0. The fourth-order valence-electron chi connectivity index (χ4n) is 2.68.